The van der Waals surface area contributed by atoms with Crippen molar-refractivity contribution in [3.63, 3.8) is 0 Å². The molecule has 0 radical (unpaired) electrons. The van der Waals surface area contributed by atoms with Gasteiger partial charge in [0.15, 0.2) is 0 Å². The van der Waals surface area contributed by atoms with E-state index in [0.717, 1.165) is 5.56 Å². The van der Waals surface area contributed by atoms with Gasteiger partial charge >= 0.3 is 0 Å². The highest BCUT2D eigenvalue weighted by molar-refractivity contribution is 8.26. The van der Waals surface area contributed by atoms with Crippen molar-refractivity contribution in [2.24, 2.45) is 0 Å². The summed E-state index contributed by atoms with van der Waals surface area (Å²) >= 11 is 18.7. The van der Waals surface area contributed by atoms with Crippen molar-refractivity contribution in [3.05, 3.63) is 75.2 Å². The van der Waals surface area contributed by atoms with Crippen LogP contribution in [0.1, 0.15) is 11.5 Å². The van der Waals surface area contributed by atoms with Crippen LogP contribution in [0.5, 0.6) is 0 Å². The van der Waals surface area contributed by atoms with Crippen LogP contribution >= 0.6 is 47.2 Å². The highest BCUT2D eigenvalue weighted by Gasteiger charge is 2.32. The topological polar surface area (TPSA) is 46.6 Å². The van der Waals surface area contributed by atoms with Gasteiger partial charge in [0.25, 0.3) is 5.91 Å². The number of benzene rings is 1. The fourth-order valence-electron chi connectivity index (χ4n) is 2.59. The smallest absolute Gasteiger partial charge is 0.266 e. The van der Waals surface area contributed by atoms with Crippen molar-refractivity contribution in [1.82, 2.24) is 4.90 Å². The van der Waals surface area contributed by atoms with Gasteiger partial charge in [0.05, 0.1) is 22.7 Å². The van der Waals surface area contributed by atoms with E-state index >= 15 is 0 Å². The Morgan fingerprint density at radius 2 is 2.04 bits per heavy atom. The average Bonchev–Trinajstić information content (AvgIpc) is 3.34. The molecule has 0 saturated carbocycles. The van der Waals surface area contributed by atoms with Crippen molar-refractivity contribution in [2.45, 2.75) is 6.54 Å². The van der Waals surface area contributed by atoms with Crippen LogP contribution in [-0.2, 0) is 11.3 Å². The second-order valence-corrected chi connectivity index (χ2v) is 8.19. The van der Waals surface area contributed by atoms with Crippen molar-refractivity contribution in [2.75, 3.05) is 0 Å². The van der Waals surface area contributed by atoms with Gasteiger partial charge in [-0.05, 0) is 42.5 Å². The Morgan fingerprint density at radius 1 is 1.19 bits per heavy atom. The molecule has 27 heavy (non-hydrogen) atoms. The number of thioether (sulfide) groups is 1. The molecule has 1 aliphatic rings. The molecule has 0 bridgehead atoms. The van der Waals surface area contributed by atoms with E-state index in [-0.39, 0.29) is 5.91 Å². The van der Waals surface area contributed by atoms with Gasteiger partial charge in [-0.15, -0.1) is 0 Å². The summed E-state index contributed by atoms with van der Waals surface area (Å²) in [6.45, 7) is 0.304. The Balaban J connectivity index is 1.56. The molecule has 2 aromatic heterocycles. The molecule has 1 aliphatic heterocycles. The summed E-state index contributed by atoms with van der Waals surface area (Å²) in [6, 6.07) is 12.3. The summed E-state index contributed by atoms with van der Waals surface area (Å²) < 4.78 is 11.6. The molecule has 1 amide bonds. The quantitative estimate of drug-likeness (QED) is 0.358. The monoisotopic (exact) mass is 435 g/mol. The molecule has 1 fully saturated rings. The number of halogens is 2. The SMILES string of the molecule is O=C1C(=Cc2ccc(-c3ccc(Cl)cc3Cl)o2)SC(=S)N1Cc1ccco1. The zero-order chi connectivity index (χ0) is 19.0. The van der Waals surface area contributed by atoms with Gasteiger partial charge < -0.3 is 8.83 Å². The summed E-state index contributed by atoms with van der Waals surface area (Å²) in [5.41, 5.74) is 0.728. The molecule has 1 saturated heterocycles. The third-order valence-electron chi connectivity index (χ3n) is 3.86. The molecular formula is C19H11Cl2NO3S2. The minimum Gasteiger partial charge on any atom is -0.467 e. The van der Waals surface area contributed by atoms with E-state index in [2.05, 4.69) is 0 Å². The van der Waals surface area contributed by atoms with Gasteiger partial charge in [0, 0.05) is 16.7 Å². The average molecular weight is 436 g/mol. The summed E-state index contributed by atoms with van der Waals surface area (Å²) in [7, 11) is 0. The molecule has 0 unspecified atom stereocenters. The van der Waals surface area contributed by atoms with E-state index in [1.54, 1.807) is 54.8 Å². The predicted octanol–water partition coefficient (Wildman–Crippen LogP) is 6.25. The first-order valence-electron chi connectivity index (χ1n) is 7.84. The number of hydrogen-bond donors (Lipinski definition) is 0. The first-order valence-corrected chi connectivity index (χ1v) is 9.82. The van der Waals surface area contributed by atoms with Crippen LogP contribution < -0.4 is 0 Å². The van der Waals surface area contributed by atoms with Crippen molar-refractivity contribution in [3.8, 4) is 11.3 Å². The fourth-order valence-corrected chi connectivity index (χ4v) is 4.33. The van der Waals surface area contributed by atoms with Gasteiger partial charge in [-0.25, -0.2) is 0 Å². The molecule has 4 nitrogen and oxygen atoms in total. The van der Waals surface area contributed by atoms with E-state index < -0.39 is 0 Å². The molecular weight excluding hydrogens is 425 g/mol. The van der Waals surface area contributed by atoms with E-state index in [0.29, 0.717) is 43.1 Å². The summed E-state index contributed by atoms with van der Waals surface area (Å²) in [5.74, 6) is 1.62. The van der Waals surface area contributed by atoms with Crippen LogP contribution in [0.4, 0.5) is 0 Å². The lowest BCUT2D eigenvalue weighted by Gasteiger charge is -2.11. The third-order valence-corrected chi connectivity index (χ3v) is 5.79. The van der Waals surface area contributed by atoms with Crippen molar-refractivity contribution >= 4 is 63.5 Å². The van der Waals surface area contributed by atoms with Gasteiger partial charge in [0.1, 0.15) is 21.6 Å². The van der Waals surface area contributed by atoms with Gasteiger partial charge in [-0.3, -0.25) is 9.69 Å². The predicted molar refractivity (Wildman–Crippen MR) is 112 cm³/mol. The second-order valence-electron chi connectivity index (χ2n) is 5.67. The van der Waals surface area contributed by atoms with Gasteiger partial charge in [0.2, 0.25) is 0 Å². The fraction of sp³-hybridized carbons (Fsp3) is 0.0526. The molecule has 1 aromatic carbocycles. The number of hydrogen-bond acceptors (Lipinski definition) is 5. The molecule has 8 heteroatoms. The third kappa shape index (κ3) is 3.84. The van der Waals surface area contributed by atoms with E-state index in [1.165, 1.54) is 16.7 Å². The number of carbonyl (C=O) groups excluding carboxylic acids is 1. The lowest BCUT2D eigenvalue weighted by Crippen LogP contribution is -2.27. The number of furan rings is 2. The Labute approximate surface area is 174 Å². The van der Waals surface area contributed by atoms with E-state index in [1.807, 2.05) is 0 Å². The zero-order valence-electron chi connectivity index (χ0n) is 13.6. The lowest BCUT2D eigenvalue weighted by molar-refractivity contribution is -0.122. The van der Waals surface area contributed by atoms with Crippen LogP contribution in [0.2, 0.25) is 10.0 Å². The number of amides is 1. The number of rotatable bonds is 4. The van der Waals surface area contributed by atoms with Crippen LogP contribution in [0, 0.1) is 0 Å². The molecule has 4 rings (SSSR count). The maximum atomic E-state index is 12.6. The first kappa shape index (κ1) is 18.4. The number of nitrogens with zero attached hydrogens (tertiary/aromatic N) is 1. The largest absolute Gasteiger partial charge is 0.467 e. The Morgan fingerprint density at radius 3 is 2.78 bits per heavy atom. The summed E-state index contributed by atoms with van der Waals surface area (Å²) in [6.07, 6.45) is 3.24. The standard InChI is InChI=1S/C19H11Cl2NO3S2/c20-11-3-5-14(15(21)8-11)16-6-4-12(25-16)9-17-18(23)22(19(26)27-17)10-13-2-1-7-24-13/h1-9H,10H2. The second kappa shape index (κ2) is 7.56. The molecule has 136 valence electrons. The highest BCUT2D eigenvalue weighted by atomic mass is 35.5. The minimum absolute atomic E-state index is 0.177. The zero-order valence-corrected chi connectivity index (χ0v) is 16.8. The minimum atomic E-state index is -0.177. The number of carbonyl (C=O) groups is 1. The molecule has 0 atom stereocenters. The molecule has 3 aromatic rings. The maximum Gasteiger partial charge on any atom is 0.266 e. The van der Waals surface area contributed by atoms with Crippen molar-refractivity contribution in [1.29, 1.82) is 0 Å². The van der Waals surface area contributed by atoms with Crippen molar-refractivity contribution < 1.29 is 13.6 Å². The van der Waals surface area contributed by atoms with E-state index in [4.69, 9.17) is 44.3 Å². The summed E-state index contributed by atoms with van der Waals surface area (Å²) in [4.78, 5) is 14.6. The Kier molecular flexibility index (Phi) is 5.14. The van der Waals surface area contributed by atoms with Gasteiger partial charge in [-0.1, -0.05) is 47.2 Å². The Hall–Kier alpha value is -1.99. The molecule has 3 heterocycles. The Bertz CT molecular complexity index is 1060. The molecule has 0 aliphatic carbocycles. The van der Waals surface area contributed by atoms with E-state index in [9.17, 15) is 4.79 Å². The molecule has 0 N–H and O–H groups in total. The summed E-state index contributed by atoms with van der Waals surface area (Å²) in [5, 5.41) is 1.05. The van der Waals surface area contributed by atoms with Crippen LogP contribution in [0.25, 0.3) is 17.4 Å². The first-order chi connectivity index (χ1) is 13.0. The van der Waals surface area contributed by atoms with Gasteiger partial charge in [-0.2, -0.15) is 0 Å². The van der Waals surface area contributed by atoms with Crippen LogP contribution in [-0.4, -0.2) is 15.1 Å². The molecule has 0 spiro atoms. The van der Waals surface area contributed by atoms with Crippen LogP contribution in [0.3, 0.4) is 0 Å². The van der Waals surface area contributed by atoms with Crippen LogP contribution in [0.15, 0.2) is 62.5 Å². The maximum absolute atomic E-state index is 12.6. The normalized spacial score (nSPS) is 15.9. The lowest BCUT2D eigenvalue weighted by atomic mass is 10.2. The number of thiocarbonyl (C=S) groups is 1. The highest BCUT2D eigenvalue weighted by Crippen LogP contribution is 2.36.